The van der Waals surface area contributed by atoms with Crippen LogP contribution in [0.25, 0.3) is 0 Å². The predicted octanol–water partition coefficient (Wildman–Crippen LogP) is 0.241. The Morgan fingerprint density at radius 1 is 1.37 bits per heavy atom. The van der Waals surface area contributed by atoms with Crippen molar-refractivity contribution < 1.29 is 22.8 Å². The van der Waals surface area contributed by atoms with Gasteiger partial charge in [-0.05, 0) is 6.07 Å². The smallest absolute Gasteiger partial charge is 0.250 e. The molecular formula is C10H11F3N4O2. The van der Waals surface area contributed by atoms with Crippen LogP contribution in [0.4, 0.5) is 19.0 Å². The van der Waals surface area contributed by atoms with E-state index in [4.69, 9.17) is 11.5 Å². The molecule has 0 bridgehead atoms. The minimum absolute atomic E-state index is 0.187. The molecule has 5 N–H and O–H groups in total. The van der Waals surface area contributed by atoms with Crippen LogP contribution in [0, 0.1) is 5.82 Å². The van der Waals surface area contributed by atoms with Crippen molar-refractivity contribution in [3.63, 3.8) is 0 Å². The topological polar surface area (TPSA) is 111 Å². The number of carbonyl (C=O) groups excluding carboxylic acids is 2. The maximum absolute atomic E-state index is 13.5. The third-order valence-electron chi connectivity index (χ3n) is 2.19. The highest BCUT2D eigenvalue weighted by Crippen LogP contribution is 2.15. The Bertz CT molecular complexity index is 496. The van der Waals surface area contributed by atoms with Gasteiger partial charge in [-0.25, -0.2) is 18.2 Å². The fourth-order valence-corrected chi connectivity index (χ4v) is 1.27. The molecule has 1 aromatic rings. The number of rotatable bonds is 6. The van der Waals surface area contributed by atoms with Crippen molar-refractivity contribution in [1.29, 1.82) is 0 Å². The summed E-state index contributed by atoms with van der Waals surface area (Å²) in [5.74, 6) is -3.43. The SMILES string of the molecule is NC(=O)c1cnc(N[C@H](CC(F)F)C(N)=O)c(F)c1. The molecule has 0 aromatic carbocycles. The summed E-state index contributed by atoms with van der Waals surface area (Å²) in [4.78, 5) is 25.2. The first-order valence-corrected chi connectivity index (χ1v) is 5.10. The quantitative estimate of drug-likeness (QED) is 0.691. The monoisotopic (exact) mass is 276 g/mol. The first-order chi connectivity index (χ1) is 8.81. The molecule has 0 saturated heterocycles. The van der Waals surface area contributed by atoms with Crippen LogP contribution in [0.15, 0.2) is 12.3 Å². The standard InChI is InChI=1S/C10H11F3N4O2/c11-5-1-4(8(14)18)3-16-10(5)17-6(9(15)19)2-7(12)13/h1,3,6-7H,2H2,(H2,14,18)(H2,15,19)(H,16,17)/t6-/m1/s1. The van der Waals surface area contributed by atoms with Crippen molar-refractivity contribution in [1.82, 2.24) is 4.98 Å². The fourth-order valence-electron chi connectivity index (χ4n) is 1.27. The Balaban J connectivity index is 2.91. The number of anilines is 1. The number of hydrogen-bond acceptors (Lipinski definition) is 4. The predicted molar refractivity (Wildman–Crippen MR) is 59.9 cm³/mol. The van der Waals surface area contributed by atoms with E-state index >= 15 is 0 Å². The molecule has 0 spiro atoms. The van der Waals surface area contributed by atoms with Gasteiger partial charge < -0.3 is 16.8 Å². The zero-order valence-corrected chi connectivity index (χ0v) is 9.57. The summed E-state index contributed by atoms with van der Waals surface area (Å²) in [6, 6.07) is -0.695. The van der Waals surface area contributed by atoms with Gasteiger partial charge in [0.2, 0.25) is 18.2 Å². The molecule has 104 valence electrons. The van der Waals surface area contributed by atoms with E-state index in [0.717, 1.165) is 12.3 Å². The molecule has 0 saturated carbocycles. The summed E-state index contributed by atoms with van der Waals surface area (Å²) in [5, 5.41) is 2.15. The highest BCUT2D eigenvalue weighted by Gasteiger charge is 2.22. The van der Waals surface area contributed by atoms with Crippen molar-refractivity contribution in [2.45, 2.75) is 18.9 Å². The van der Waals surface area contributed by atoms with E-state index in [0.29, 0.717) is 0 Å². The van der Waals surface area contributed by atoms with Gasteiger partial charge in [0, 0.05) is 12.6 Å². The van der Waals surface area contributed by atoms with E-state index in [1.54, 1.807) is 0 Å². The Morgan fingerprint density at radius 2 is 2.00 bits per heavy atom. The molecule has 1 heterocycles. The lowest BCUT2D eigenvalue weighted by Crippen LogP contribution is -2.37. The molecule has 1 aromatic heterocycles. The highest BCUT2D eigenvalue weighted by atomic mass is 19.3. The van der Waals surface area contributed by atoms with Gasteiger partial charge in [-0.1, -0.05) is 0 Å². The van der Waals surface area contributed by atoms with E-state index in [9.17, 15) is 22.8 Å². The van der Waals surface area contributed by atoms with Crippen LogP contribution in [0.1, 0.15) is 16.8 Å². The van der Waals surface area contributed by atoms with Crippen LogP contribution in [-0.4, -0.2) is 29.3 Å². The minimum atomic E-state index is -2.79. The molecule has 0 fully saturated rings. The summed E-state index contributed by atoms with van der Waals surface area (Å²) in [7, 11) is 0. The van der Waals surface area contributed by atoms with Gasteiger partial charge in [0.05, 0.1) is 5.56 Å². The number of pyridine rings is 1. The Kier molecular flexibility index (Phi) is 4.67. The Morgan fingerprint density at radius 3 is 2.42 bits per heavy atom. The summed E-state index contributed by atoms with van der Waals surface area (Å²) < 4.78 is 37.9. The zero-order valence-electron chi connectivity index (χ0n) is 9.57. The van der Waals surface area contributed by atoms with Gasteiger partial charge in [-0.2, -0.15) is 0 Å². The highest BCUT2D eigenvalue weighted by molar-refractivity contribution is 5.92. The van der Waals surface area contributed by atoms with Crippen molar-refractivity contribution in [2.24, 2.45) is 11.5 Å². The normalized spacial score (nSPS) is 12.2. The van der Waals surface area contributed by atoms with Crippen molar-refractivity contribution >= 4 is 17.6 Å². The number of halogens is 3. The van der Waals surface area contributed by atoms with Crippen molar-refractivity contribution in [3.05, 3.63) is 23.6 Å². The molecule has 0 radical (unpaired) electrons. The lowest BCUT2D eigenvalue weighted by atomic mass is 10.2. The first-order valence-electron chi connectivity index (χ1n) is 5.10. The van der Waals surface area contributed by atoms with E-state index in [1.165, 1.54) is 0 Å². The van der Waals surface area contributed by atoms with Gasteiger partial charge in [0.1, 0.15) is 6.04 Å². The second-order valence-electron chi connectivity index (χ2n) is 3.64. The molecular weight excluding hydrogens is 265 g/mol. The molecule has 19 heavy (non-hydrogen) atoms. The number of nitrogens with one attached hydrogen (secondary N) is 1. The molecule has 0 unspecified atom stereocenters. The summed E-state index contributed by atoms with van der Waals surface area (Å²) in [6.45, 7) is 0. The van der Waals surface area contributed by atoms with Crippen molar-refractivity contribution in [2.75, 3.05) is 5.32 Å². The zero-order chi connectivity index (χ0) is 14.6. The van der Waals surface area contributed by atoms with Gasteiger partial charge in [-0.15, -0.1) is 0 Å². The molecule has 0 aliphatic carbocycles. The lowest BCUT2D eigenvalue weighted by molar-refractivity contribution is -0.119. The second kappa shape index (κ2) is 6.03. The number of nitrogens with zero attached hydrogens (tertiary/aromatic N) is 1. The van der Waals surface area contributed by atoms with Gasteiger partial charge in [0.15, 0.2) is 11.6 Å². The number of primary amides is 2. The fraction of sp³-hybridized carbons (Fsp3) is 0.300. The van der Waals surface area contributed by atoms with Gasteiger partial charge in [-0.3, -0.25) is 9.59 Å². The number of amides is 2. The summed E-state index contributed by atoms with van der Waals surface area (Å²) in [5.41, 5.74) is 9.62. The Hall–Kier alpha value is -2.32. The summed E-state index contributed by atoms with van der Waals surface area (Å²) in [6.07, 6.45) is -2.72. The molecule has 2 amide bonds. The third-order valence-corrected chi connectivity index (χ3v) is 2.19. The molecule has 9 heteroatoms. The van der Waals surface area contributed by atoms with Gasteiger partial charge >= 0.3 is 0 Å². The molecule has 1 rings (SSSR count). The van der Waals surface area contributed by atoms with Crippen LogP contribution in [-0.2, 0) is 4.79 Å². The van der Waals surface area contributed by atoms with E-state index in [2.05, 4.69) is 10.3 Å². The van der Waals surface area contributed by atoms with E-state index in [-0.39, 0.29) is 5.56 Å². The molecule has 0 aliphatic rings. The minimum Gasteiger partial charge on any atom is -0.368 e. The maximum atomic E-state index is 13.5. The number of carbonyl (C=O) groups is 2. The van der Waals surface area contributed by atoms with E-state index in [1.807, 2.05) is 0 Å². The lowest BCUT2D eigenvalue weighted by Gasteiger charge is -2.16. The number of aromatic nitrogens is 1. The number of alkyl halides is 2. The van der Waals surface area contributed by atoms with Crippen LogP contribution in [0.3, 0.4) is 0 Å². The van der Waals surface area contributed by atoms with Crippen LogP contribution < -0.4 is 16.8 Å². The first kappa shape index (κ1) is 14.7. The average Bonchev–Trinajstić information content (AvgIpc) is 2.29. The van der Waals surface area contributed by atoms with Gasteiger partial charge in [0.25, 0.3) is 0 Å². The summed E-state index contributed by atoms with van der Waals surface area (Å²) >= 11 is 0. The molecule has 1 atom stereocenters. The molecule has 6 nitrogen and oxygen atoms in total. The third kappa shape index (κ3) is 4.12. The number of nitrogens with two attached hydrogens (primary N) is 2. The Labute approximate surface area is 106 Å². The van der Waals surface area contributed by atoms with Crippen LogP contribution >= 0.6 is 0 Å². The maximum Gasteiger partial charge on any atom is 0.250 e. The number of hydrogen-bond donors (Lipinski definition) is 3. The average molecular weight is 276 g/mol. The largest absolute Gasteiger partial charge is 0.368 e. The van der Waals surface area contributed by atoms with Crippen molar-refractivity contribution in [3.8, 4) is 0 Å². The van der Waals surface area contributed by atoms with Crippen LogP contribution in [0.5, 0.6) is 0 Å². The second-order valence-corrected chi connectivity index (χ2v) is 3.64. The molecule has 0 aliphatic heterocycles. The van der Waals surface area contributed by atoms with E-state index < -0.39 is 42.3 Å². The van der Waals surface area contributed by atoms with Crippen LogP contribution in [0.2, 0.25) is 0 Å².